The van der Waals surface area contributed by atoms with Crippen LogP contribution in [0.1, 0.15) is 51.5 Å². The van der Waals surface area contributed by atoms with Crippen molar-refractivity contribution >= 4 is 27.7 Å². The van der Waals surface area contributed by atoms with Crippen molar-refractivity contribution in [2.45, 2.75) is 83.0 Å². The van der Waals surface area contributed by atoms with Gasteiger partial charge in [-0.2, -0.15) is 0 Å². The predicted molar refractivity (Wildman–Crippen MR) is 131 cm³/mol. The van der Waals surface area contributed by atoms with Crippen molar-refractivity contribution in [1.29, 1.82) is 0 Å². The van der Waals surface area contributed by atoms with Crippen molar-refractivity contribution < 1.29 is 42.7 Å². The van der Waals surface area contributed by atoms with E-state index < -0.39 is 52.9 Å². The highest BCUT2D eigenvalue weighted by molar-refractivity contribution is 7.90. The van der Waals surface area contributed by atoms with Crippen molar-refractivity contribution in [2.24, 2.45) is 10.7 Å². The number of hydrogen-bond acceptors (Lipinski definition) is 13. The predicted octanol–water partition coefficient (Wildman–Crippen LogP) is -1.49. The van der Waals surface area contributed by atoms with Crippen LogP contribution in [0.4, 0.5) is 5.82 Å². The molecule has 1 aromatic heterocycles. The molecule has 2 aliphatic heterocycles. The Morgan fingerprint density at radius 3 is 2.70 bits per heavy atom. The molecule has 1 amide bonds. The smallest absolute Gasteiger partial charge is 0.235 e. The number of nitrogens with zero attached hydrogens (tertiary/aromatic N) is 3. The van der Waals surface area contributed by atoms with E-state index in [2.05, 4.69) is 15.3 Å². The summed E-state index contributed by atoms with van der Waals surface area (Å²) in [5.41, 5.74) is 6.46. The Balaban J connectivity index is 1.34. The Bertz CT molecular complexity index is 1050. The number of aromatic nitrogens is 2. The van der Waals surface area contributed by atoms with E-state index in [-0.39, 0.29) is 24.7 Å². The van der Waals surface area contributed by atoms with Gasteiger partial charge in [0, 0.05) is 13.2 Å². The molecule has 0 aliphatic carbocycles. The number of carbonyl (C=O) groups excluding carboxylic acids is 1. The molecule has 3 rings (SSSR count). The van der Waals surface area contributed by atoms with Gasteiger partial charge in [-0.1, -0.05) is 6.42 Å². The minimum Gasteiger partial charge on any atom is -0.388 e. The third-order valence-corrected chi connectivity index (χ3v) is 7.29. The number of aryl methyl sites for hydroxylation is 1. The molecular formula is C21H36N6O9S. The van der Waals surface area contributed by atoms with Gasteiger partial charge in [0.2, 0.25) is 15.9 Å². The number of fused-ring (bicyclic) bond motifs is 1. The maximum absolute atomic E-state index is 12.2. The topological polar surface area (TPSA) is 220 Å². The number of imidazole rings is 1. The molecule has 1 saturated heterocycles. The van der Waals surface area contributed by atoms with E-state index in [4.69, 9.17) is 19.9 Å². The fourth-order valence-electron chi connectivity index (χ4n) is 3.94. The number of aliphatic hydroxyl groups excluding tert-OH is 3. The molecule has 0 saturated carbocycles. The molecule has 0 spiro atoms. The number of aliphatic imine (C=N–C) groups is 1. The standard InChI is InChI=1S/C21H36N6O9S/c1-3-34-19-14-18(24-21(22)25-19)27(11-23-14)8-5-4-6-10-37(32,33)26-13(28)7-9-35-20-17(31)16(30)15(29)12(2)36-20/h11-12,15-17,19-20,29-31H,3-10H2,1-2H3,(H,26,28)(H3,22,24,25)/t12-,15+,16+,17-,19?,20-/m0/s1. The average molecular weight is 549 g/mol. The number of anilines is 1. The highest BCUT2D eigenvalue weighted by Gasteiger charge is 2.42. The number of amides is 1. The summed E-state index contributed by atoms with van der Waals surface area (Å²) in [6.45, 7) is 4.13. The minimum atomic E-state index is -3.83. The minimum absolute atomic E-state index is 0.224. The van der Waals surface area contributed by atoms with Crippen LogP contribution in [0, 0.1) is 0 Å². The van der Waals surface area contributed by atoms with Crippen LogP contribution in [0.25, 0.3) is 0 Å². The molecule has 1 unspecified atom stereocenters. The number of hydrogen-bond donors (Lipinski definition) is 6. The SMILES string of the molecule is CCOC1N=C(N)Nc2c1ncn2CCCCCS(=O)(=O)NC(=O)CCO[C@H]1O[C@@H](C)[C@@H](O)[C@@H](O)[C@@H]1O. The van der Waals surface area contributed by atoms with E-state index in [1.165, 1.54) is 6.92 Å². The highest BCUT2D eigenvalue weighted by atomic mass is 32.2. The summed E-state index contributed by atoms with van der Waals surface area (Å²) in [5.74, 6) is -0.0661. The van der Waals surface area contributed by atoms with Crippen LogP contribution in [0.3, 0.4) is 0 Å². The van der Waals surface area contributed by atoms with Gasteiger partial charge in [-0.15, -0.1) is 0 Å². The van der Waals surface area contributed by atoms with Crippen molar-refractivity contribution in [2.75, 3.05) is 24.3 Å². The number of ether oxygens (including phenoxy) is 3. The zero-order chi connectivity index (χ0) is 27.2. The Hall–Kier alpha value is -2.34. The number of guanidine groups is 1. The number of nitrogens with one attached hydrogen (secondary N) is 2. The number of rotatable bonds is 13. The molecule has 2 aliphatic rings. The molecule has 15 nitrogen and oxygen atoms in total. The summed E-state index contributed by atoms with van der Waals surface area (Å²) in [6.07, 6.45) is -3.88. The maximum Gasteiger partial charge on any atom is 0.235 e. The number of aliphatic hydroxyl groups is 3. The van der Waals surface area contributed by atoms with Gasteiger partial charge in [-0.3, -0.25) is 9.52 Å². The van der Waals surface area contributed by atoms with Crippen LogP contribution in [0.15, 0.2) is 11.3 Å². The maximum atomic E-state index is 12.2. The zero-order valence-electron chi connectivity index (χ0n) is 20.8. The van der Waals surface area contributed by atoms with Crippen LogP contribution < -0.4 is 15.8 Å². The summed E-state index contributed by atoms with van der Waals surface area (Å²) in [4.78, 5) is 20.6. The molecule has 0 radical (unpaired) electrons. The van der Waals surface area contributed by atoms with Crippen molar-refractivity contribution in [3.8, 4) is 0 Å². The summed E-state index contributed by atoms with van der Waals surface area (Å²) in [5, 5.41) is 32.3. The summed E-state index contributed by atoms with van der Waals surface area (Å²) in [6, 6.07) is 0. The van der Waals surface area contributed by atoms with E-state index in [0.29, 0.717) is 43.9 Å². The molecule has 37 heavy (non-hydrogen) atoms. The van der Waals surface area contributed by atoms with Gasteiger partial charge in [0.1, 0.15) is 29.8 Å². The van der Waals surface area contributed by atoms with Crippen LogP contribution in [-0.2, 0) is 35.6 Å². The molecule has 3 heterocycles. The zero-order valence-corrected chi connectivity index (χ0v) is 21.6. The monoisotopic (exact) mass is 548 g/mol. The lowest BCUT2D eigenvalue weighted by atomic mass is 10.0. The molecule has 210 valence electrons. The Morgan fingerprint density at radius 1 is 1.22 bits per heavy atom. The number of nitrogens with two attached hydrogens (primary N) is 1. The molecule has 16 heteroatoms. The second-order valence-electron chi connectivity index (χ2n) is 8.83. The molecule has 0 bridgehead atoms. The molecule has 7 N–H and O–H groups in total. The van der Waals surface area contributed by atoms with Crippen LogP contribution in [-0.4, -0.2) is 94.8 Å². The number of carbonyl (C=O) groups is 1. The van der Waals surface area contributed by atoms with Crippen LogP contribution in [0.2, 0.25) is 0 Å². The fourth-order valence-corrected chi connectivity index (χ4v) is 5.08. The van der Waals surface area contributed by atoms with Crippen molar-refractivity contribution in [3.63, 3.8) is 0 Å². The van der Waals surface area contributed by atoms with Gasteiger partial charge in [-0.25, -0.2) is 18.4 Å². The Kier molecular flexibility index (Phi) is 10.2. The average Bonchev–Trinajstić information content (AvgIpc) is 3.23. The quantitative estimate of drug-likeness (QED) is 0.155. The normalized spacial score (nSPS) is 27.8. The first kappa shape index (κ1) is 29.2. The molecule has 1 fully saturated rings. The third-order valence-electron chi connectivity index (χ3n) is 5.93. The summed E-state index contributed by atoms with van der Waals surface area (Å²) < 4.78 is 44.4. The third kappa shape index (κ3) is 7.83. The van der Waals surface area contributed by atoms with Crippen molar-refractivity contribution in [3.05, 3.63) is 12.0 Å². The first-order valence-corrected chi connectivity index (χ1v) is 13.8. The van der Waals surface area contributed by atoms with Crippen LogP contribution >= 0.6 is 0 Å². The van der Waals surface area contributed by atoms with Crippen LogP contribution in [0.5, 0.6) is 0 Å². The van der Waals surface area contributed by atoms with Gasteiger partial charge in [0.05, 0.1) is 31.2 Å². The van der Waals surface area contributed by atoms with E-state index >= 15 is 0 Å². The lowest BCUT2D eigenvalue weighted by molar-refractivity contribution is -0.292. The second-order valence-corrected chi connectivity index (χ2v) is 10.7. The molecular weight excluding hydrogens is 512 g/mol. The van der Waals surface area contributed by atoms with E-state index in [9.17, 15) is 28.5 Å². The number of unbranched alkanes of at least 4 members (excludes halogenated alkanes) is 2. The molecule has 1 aromatic rings. The van der Waals surface area contributed by atoms with E-state index in [0.717, 1.165) is 0 Å². The summed E-state index contributed by atoms with van der Waals surface area (Å²) in [7, 11) is -3.83. The van der Waals surface area contributed by atoms with Gasteiger partial charge < -0.3 is 45.1 Å². The lowest BCUT2D eigenvalue weighted by Crippen LogP contribution is -2.57. The van der Waals surface area contributed by atoms with E-state index in [1.807, 2.05) is 16.2 Å². The van der Waals surface area contributed by atoms with E-state index in [1.54, 1.807) is 6.33 Å². The summed E-state index contributed by atoms with van der Waals surface area (Å²) >= 11 is 0. The van der Waals surface area contributed by atoms with Crippen molar-refractivity contribution in [1.82, 2.24) is 14.3 Å². The van der Waals surface area contributed by atoms with Gasteiger partial charge in [-0.05, 0) is 26.7 Å². The van der Waals surface area contributed by atoms with Gasteiger partial charge in [0.25, 0.3) is 0 Å². The Labute approximate surface area is 215 Å². The lowest BCUT2D eigenvalue weighted by Gasteiger charge is -2.38. The largest absolute Gasteiger partial charge is 0.388 e. The second kappa shape index (κ2) is 12.9. The van der Waals surface area contributed by atoms with Gasteiger partial charge >= 0.3 is 0 Å². The highest BCUT2D eigenvalue weighted by Crippen LogP contribution is 2.29. The van der Waals surface area contributed by atoms with Gasteiger partial charge in [0.15, 0.2) is 18.5 Å². The fraction of sp³-hybridized carbons (Fsp3) is 0.762. The molecule has 6 atom stereocenters. The Morgan fingerprint density at radius 2 is 1.97 bits per heavy atom. The number of sulfonamides is 1. The first-order chi connectivity index (χ1) is 17.5. The first-order valence-electron chi connectivity index (χ1n) is 12.1. The molecule has 0 aromatic carbocycles.